The number of halogens is 1. The number of ether oxygens (including phenoxy) is 2. The van der Waals surface area contributed by atoms with Gasteiger partial charge in [0, 0.05) is 3.57 Å². The number of esters is 1. The Morgan fingerprint density at radius 3 is 2.82 bits per heavy atom. The van der Waals surface area contributed by atoms with E-state index >= 15 is 0 Å². The van der Waals surface area contributed by atoms with Gasteiger partial charge in [-0.15, -0.1) is 0 Å². The second-order valence-electron chi connectivity index (χ2n) is 3.77. The molecule has 0 aliphatic carbocycles. The summed E-state index contributed by atoms with van der Waals surface area (Å²) in [7, 11) is 0. The maximum atomic E-state index is 11.3. The number of benzene rings is 1. The fraction of sp³-hybridized carbons (Fsp3) is 0.462. The topological polar surface area (TPSA) is 35.5 Å². The van der Waals surface area contributed by atoms with Gasteiger partial charge in [0.1, 0.15) is 5.75 Å². The van der Waals surface area contributed by atoms with Crippen LogP contribution in [0.2, 0.25) is 0 Å². The lowest BCUT2D eigenvalue weighted by Crippen LogP contribution is -2.15. The van der Waals surface area contributed by atoms with Crippen molar-refractivity contribution in [1.29, 1.82) is 0 Å². The summed E-state index contributed by atoms with van der Waals surface area (Å²) in [4.78, 5) is 11.3. The molecule has 0 unspecified atom stereocenters. The molecule has 0 radical (unpaired) electrons. The molecule has 0 saturated carbocycles. The second-order valence-corrected chi connectivity index (χ2v) is 5.02. The predicted molar refractivity (Wildman–Crippen MR) is 75.3 cm³/mol. The molecule has 0 atom stereocenters. The van der Waals surface area contributed by atoms with Gasteiger partial charge in [0.25, 0.3) is 0 Å². The van der Waals surface area contributed by atoms with E-state index in [1.807, 2.05) is 25.1 Å². The summed E-state index contributed by atoms with van der Waals surface area (Å²) in [6.07, 6.45) is 1.92. The van der Waals surface area contributed by atoms with Crippen LogP contribution in [-0.4, -0.2) is 19.2 Å². The van der Waals surface area contributed by atoms with Gasteiger partial charge in [-0.3, -0.25) is 0 Å². The molecule has 0 aliphatic rings. The highest BCUT2D eigenvalue weighted by Gasteiger charge is 2.05. The molecule has 0 aliphatic heterocycles. The summed E-state index contributed by atoms with van der Waals surface area (Å²) in [5.41, 5.74) is 1.03. The molecule has 0 spiro atoms. The lowest BCUT2D eigenvalue weighted by molar-refractivity contribution is -0.146. The summed E-state index contributed by atoms with van der Waals surface area (Å²) in [5, 5.41) is 0. The number of carbonyl (C=O) groups excluding carboxylic acids is 1. The van der Waals surface area contributed by atoms with Crippen molar-refractivity contribution in [1.82, 2.24) is 0 Å². The average Bonchev–Trinajstić information content (AvgIpc) is 2.28. The Morgan fingerprint density at radius 1 is 1.41 bits per heavy atom. The van der Waals surface area contributed by atoms with Crippen molar-refractivity contribution in [2.75, 3.05) is 13.2 Å². The van der Waals surface area contributed by atoms with Crippen molar-refractivity contribution in [2.45, 2.75) is 26.7 Å². The summed E-state index contributed by atoms with van der Waals surface area (Å²) in [6.45, 7) is 4.47. The van der Waals surface area contributed by atoms with Crippen molar-refractivity contribution >= 4 is 28.6 Å². The van der Waals surface area contributed by atoms with Gasteiger partial charge in [-0.05, 0) is 59.7 Å². The average molecular weight is 348 g/mol. The smallest absolute Gasteiger partial charge is 0.344 e. The zero-order valence-electron chi connectivity index (χ0n) is 10.2. The summed E-state index contributed by atoms with van der Waals surface area (Å²) in [6, 6.07) is 5.83. The van der Waals surface area contributed by atoms with E-state index in [0.717, 1.165) is 27.7 Å². The van der Waals surface area contributed by atoms with Crippen LogP contribution >= 0.6 is 22.6 Å². The van der Waals surface area contributed by atoms with E-state index in [2.05, 4.69) is 29.5 Å². The molecule has 0 N–H and O–H groups in total. The first-order chi connectivity index (χ1) is 8.13. The van der Waals surface area contributed by atoms with Crippen LogP contribution in [0.3, 0.4) is 0 Å². The Kier molecular flexibility index (Phi) is 6.32. The third kappa shape index (κ3) is 5.39. The second kappa shape index (κ2) is 7.53. The molecule has 94 valence electrons. The third-order valence-electron chi connectivity index (χ3n) is 2.24. The number of hydrogen-bond donors (Lipinski definition) is 0. The number of carbonyl (C=O) groups is 1. The lowest BCUT2D eigenvalue weighted by atomic mass is 10.2. The maximum Gasteiger partial charge on any atom is 0.344 e. The zero-order valence-corrected chi connectivity index (χ0v) is 12.3. The van der Waals surface area contributed by atoms with Crippen molar-refractivity contribution < 1.29 is 14.3 Å². The molecular weight excluding hydrogens is 331 g/mol. The quantitative estimate of drug-likeness (QED) is 0.450. The van der Waals surface area contributed by atoms with Crippen LogP contribution in [0.15, 0.2) is 18.2 Å². The van der Waals surface area contributed by atoms with Gasteiger partial charge in [-0.1, -0.05) is 13.3 Å². The first-order valence-electron chi connectivity index (χ1n) is 5.68. The van der Waals surface area contributed by atoms with Gasteiger partial charge in [-0.2, -0.15) is 0 Å². The van der Waals surface area contributed by atoms with E-state index in [1.165, 1.54) is 0 Å². The molecule has 0 fully saturated rings. The molecule has 0 bridgehead atoms. The molecule has 0 amide bonds. The monoisotopic (exact) mass is 348 g/mol. The van der Waals surface area contributed by atoms with E-state index in [-0.39, 0.29) is 12.6 Å². The standard InChI is InChI=1S/C13H17IO3/c1-3-4-7-16-13(15)9-17-12-6-5-11(14)8-10(12)2/h5-6,8H,3-4,7,9H2,1-2H3. The number of rotatable bonds is 6. The van der Waals surface area contributed by atoms with Crippen molar-refractivity contribution in [3.05, 3.63) is 27.3 Å². The van der Waals surface area contributed by atoms with Gasteiger partial charge in [0.05, 0.1) is 6.61 Å². The minimum absolute atomic E-state index is 0.0227. The normalized spacial score (nSPS) is 10.1. The Bertz CT molecular complexity index is 377. The highest BCUT2D eigenvalue weighted by atomic mass is 127. The fourth-order valence-corrected chi connectivity index (χ4v) is 1.93. The van der Waals surface area contributed by atoms with E-state index in [4.69, 9.17) is 9.47 Å². The molecule has 0 saturated heterocycles. The Balaban J connectivity index is 2.37. The first-order valence-corrected chi connectivity index (χ1v) is 6.76. The Hall–Kier alpha value is -0.780. The Morgan fingerprint density at radius 2 is 2.18 bits per heavy atom. The molecule has 0 heterocycles. The van der Waals surface area contributed by atoms with Crippen LogP contribution in [-0.2, 0) is 9.53 Å². The first kappa shape index (κ1) is 14.3. The molecule has 1 rings (SSSR count). The van der Waals surface area contributed by atoms with Gasteiger partial charge < -0.3 is 9.47 Å². The minimum Gasteiger partial charge on any atom is -0.482 e. The van der Waals surface area contributed by atoms with Gasteiger partial charge >= 0.3 is 5.97 Å². The number of aryl methyl sites for hydroxylation is 1. The Labute approximate surface area is 116 Å². The molecule has 3 nitrogen and oxygen atoms in total. The van der Waals surface area contributed by atoms with Gasteiger partial charge in [-0.25, -0.2) is 4.79 Å². The van der Waals surface area contributed by atoms with E-state index < -0.39 is 0 Å². The third-order valence-corrected chi connectivity index (χ3v) is 2.91. The van der Waals surface area contributed by atoms with Crippen LogP contribution in [0.4, 0.5) is 0 Å². The van der Waals surface area contributed by atoms with Crippen LogP contribution in [0.25, 0.3) is 0 Å². The van der Waals surface area contributed by atoms with E-state index in [1.54, 1.807) is 0 Å². The van der Waals surface area contributed by atoms with Crippen molar-refractivity contribution in [3.63, 3.8) is 0 Å². The molecule has 0 aromatic heterocycles. The summed E-state index contributed by atoms with van der Waals surface area (Å²) < 4.78 is 11.6. The highest BCUT2D eigenvalue weighted by molar-refractivity contribution is 14.1. The van der Waals surface area contributed by atoms with Crippen molar-refractivity contribution in [2.24, 2.45) is 0 Å². The summed E-state index contributed by atoms with van der Waals surface area (Å²) in [5.74, 6) is 0.425. The minimum atomic E-state index is -0.309. The van der Waals surface area contributed by atoms with Crippen LogP contribution < -0.4 is 4.74 Å². The highest BCUT2D eigenvalue weighted by Crippen LogP contribution is 2.19. The van der Waals surface area contributed by atoms with E-state index in [0.29, 0.717) is 6.61 Å². The molecule has 4 heteroatoms. The van der Waals surface area contributed by atoms with Crippen LogP contribution in [0.1, 0.15) is 25.3 Å². The predicted octanol–water partition coefficient (Wildman–Crippen LogP) is 3.32. The number of unbranched alkanes of at least 4 members (excludes halogenated alkanes) is 1. The molecule has 17 heavy (non-hydrogen) atoms. The van der Waals surface area contributed by atoms with Crippen molar-refractivity contribution in [3.8, 4) is 5.75 Å². The molecule has 1 aromatic carbocycles. The van der Waals surface area contributed by atoms with Gasteiger partial charge in [0.15, 0.2) is 6.61 Å². The number of hydrogen-bond acceptors (Lipinski definition) is 3. The van der Waals surface area contributed by atoms with Crippen LogP contribution in [0.5, 0.6) is 5.75 Å². The SMILES string of the molecule is CCCCOC(=O)COc1ccc(I)cc1C. The maximum absolute atomic E-state index is 11.3. The van der Waals surface area contributed by atoms with Crippen LogP contribution in [0, 0.1) is 10.5 Å². The fourth-order valence-electron chi connectivity index (χ4n) is 1.28. The largest absolute Gasteiger partial charge is 0.482 e. The molecular formula is C13H17IO3. The molecule has 1 aromatic rings. The summed E-state index contributed by atoms with van der Waals surface area (Å²) >= 11 is 2.24. The zero-order chi connectivity index (χ0) is 12.7. The van der Waals surface area contributed by atoms with E-state index in [9.17, 15) is 4.79 Å². The van der Waals surface area contributed by atoms with Gasteiger partial charge in [0.2, 0.25) is 0 Å². The lowest BCUT2D eigenvalue weighted by Gasteiger charge is -2.09.